The van der Waals surface area contributed by atoms with E-state index in [2.05, 4.69) is 16.0 Å². The van der Waals surface area contributed by atoms with Gasteiger partial charge in [0.15, 0.2) is 0 Å². The van der Waals surface area contributed by atoms with Crippen LogP contribution in [-0.2, 0) is 19.2 Å². The van der Waals surface area contributed by atoms with E-state index in [4.69, 9.17) is 16.6 Å². The van der Waals surface area contributed by atoms with Crippen molar-refractivity contribution >= 4 is 23.7 Å². The number of nitrogens with two attached hydrogens (primary N) is 2. The summed E-state index contributed by atoms with van der Waals surface area (Å²) in [6, 6.07) is -4.24. The van der Waals surface area contributed by atoms with E-state index in [1.807, 2.05) is 6.92 Å². The van der Waals surface area contributed by atoms with Crippen LogP contribution in [0, 0.1) is 11.8 Å². The lowest BCUT2D eigenvalue weighted by molar-refractivity contribution is -0.144. The van der Waals surface area contributed by atoms with Crippen molar-refractivity contribution in [1.29, 1.82) is 0 Å². The molecule has 0 aliphatic rings. The first kappa shape index (κ1) is 28.8. The fraction of sp³-hybridized carbons (Fsp3) is 0.800. The molecule has 5 atom stereocenters. The van der Waals surface area contributed by atoms with Crippen LogP contribution in [0.2, 0.25) is 0 Å². The number of aliphatic hydroxyl groups excluding tert-OH is 1. The van der Waals surface area contributed by atoms with Crippen molar-refractivity contribution in [2.24, 2.45) is 23.3 Å². The molecule has 0 aromatic rings. The highest BCUT2D eigenvalue weighted by Crippen LogP contribution is 2.11. The molecule has 180 valence electrons. The molecule has 0 fully saturated rings. The first-order valence-electron chi connectivity index (χ1n) is 10.7. The molecule has 0 saturated heterocycles. The fourth-order valence-electron chi connectivity index (χ4n) is 2.84. The van der Waals surface area contributed by atoms with Gasteiger partial charge in [-0.3, -0.25) is 14.4 Å². The molecule has 31 heavy (non-hydrogen) atoms. The normalized spacial score (nSPS) is 16.0. The maximum atomic E-state index is 12.9. The summed E-state index contributed by atoms with van der Waals surface area (Å²) in [6.45, 7) is 6.79. The summed E-state index contributed by atoms with van der Waals surface area (Å²) in [5.74, 6) is -3.69. The largest absolute Gasteiger partial charge is 0.480 e. The van der Waals surface area contributed by atoms with Crippen molar-refractivity contribution in [3.05, 3.63) is 0 Å². The molecule has 0 radical (unpaired) electrons. The van der Waals surface area contributed by atoms with Gasteiger partial charge >= 0.3 is 5.97 Å². The number of aliphatic hydroxyl groups is 1. The van der Waals surface area contributed by atoms with Gasteiger partial charge in [0.2, 0.25) is 17.7 Å². The zero-order chi connectivity index (χ0) is 24.1. The standard InChI is InChI=1S/C20H39N5O6/c1-5-12(4)16(19(29)24-15(11(2)3)20(30)31)25-18(28)14(8-6-7-9-21)23-17(27)13(22)10-26/h11-16,26H,5-10,21-22H2,1-4H3,(H,23,27)(H,24,29)(H,25,28)(H,30,31). The van der Waals surface area contributed by atoms with Crippen LogP contribution < -0.4 is 27.4 Å². The minimum absolute atomic E-state index is 0.269. The van der Waals surface area contributed by atoms with Crippen LogP contribution in [0.25, 0.3) is 0 Å². The fourth-order valence-corrected chi connectivity index (χ4v) is 2.84. The van der Waals surface area contributed by atoms with Gasteiger partial charge in [-0.15, -0.1) is 0 Å². The lowest BCUT2D eigenvalue weighted by atomic mass is 9.96. The second-order valence-electron chi connectivity index (χ2n) is 8.08. The average Bonchev–Trinajstić information content (AvgIpc) is 2.72. The van der Waals surface area contributed by atoms with Crippen LogP contribution >= 0.6 is 0 Å². The quantitative estimate of drug-likeness (QED) is 0.150. The number of carboxylic acids is 1. The summed E-state index contributed by atoms with van der Waals surface area (Å²) in [5.41, 5.74) is 11.0. The molecule has 0 aliphatic heterocycles. The summed E-state index contributed by atoms with van der Waals surface area (Å²) >= 11 is 0. The van der Waals surface area contributed by atoms with E-state index in [1.54, 1.807) is 20.8 Å². The van der Waals surface area contributed by atoms with Crippen LogP contribution in [-0.4, -0.2) is 71.2 Å². The number of unbranched alkanes of at least 4 members (excludes halogenated alkanes) is 1. The Labute approximate surface area is 183 Å². The topological polar surface area (TPSA) is 197 Å². The molecule has 9 N–H and O–H groups in total. The van der Waals surface area contributed by atoms with E-state index in [0.29, 0.717) is 25.8 Å². The van der Waals surface area contributed by atoms with Gasteiger partial charge in [0.05, 0.1) is 6.61 Å². The summed E-state index contributed by atoms with van der Waals surface area (Å²) < 4.78 is 0. The van der Waals surface area contributed by atoms with Crippen molar-refractivity contribution in [2.75, 3.05) is 13.2 Å². The van der Waals surface area contributed by atoms with Gasteiger partial charge in [-0.05, 0) is 37.6 Å². The SMILES string of the molecule is CCC(C)C(NC(=O)C(CCCCN)NC(=O)C(N)CO)C(=O)NC(C(=O)O)C(C)C. The molecule has 0 aromatic heterocycles. The third kappa shape index (κ3) is 10.1. The van der Waals surface area contributed by atoms with E-state index in [1.165, 1.54) is 0 Å². The van der Waals surface area contributed by atoms with E-state index >= 15 is 0 Å². The molecule has 5 unspecified atom stereocenters. The Morgan fingerprint density at radius 3 is 1.94 bits per heavy atom. The van der Waals surface area contributed by atoms with Crippen LogP contribution in [0.4, 0.5) is 0 Å². The van der Waals surface area contributed by atoms with Crippen LogP contribution in [0.15, 0.2) is 0 Å². The number of hydrogen-bond acceptors (Lipinski definition) is 7. The summed E-state index contributed by atoms with van der Waals surface area (Å²) in [5, 5.41) is 26.0. The molecule has 0 aromatic carbocycles. The summed E-state index contributed by atoms with van der Waals surface area (Å²) in [7, 11) is 0. The van der Waals surface area contributed by atoms with E-state index in [9.17, 15) is 24.3 Å². The monoisotopic (exact) mass is 445 g/mol. The Morgan fingerprint density at radius 1 is 0.903 bits per heavy atom. The van der Waals surface area contributed by atoms with Crippen molar-refractivity contribution in [2.45, 2.75) is 77.5 Å². The van der Waals surface area contributed by atoms with Crippen molar-refractivity contribution in [1.82, 2.24) is 16.0 Å². The minimum atomic E-state index is -1.18. The molecule has 0 saturated carbocycles. The van der Waals surface area contributed by atoms with Gasteiger partial charge in [-0.2, -0.15) is 0 Å². The molecule has 11 heteroatoms. The number of aliphatic carboxylic acids is 1. The minimum Gasteiger partial charge on any atom is -0.480 e. The van der Waals surface area contributed by atoms with Gasteiger partial charge in [0, 0.05) is 0 Å². The molecule has 0 heterocycles. The third-order valence-corrected chi connectivity index (χ3v) is 5.14. The van der Waals surface area contributed by atoms with Gasteiger partial charge in [-0.1, -0.05) is 34.1 Å². The smallest absolute Gasteiger partial charge is 0.326 e. The highest BCUT2D eigenvalue weighted by atomic mass is 16.4. The lowest BCUT2D eigenvalue weighted by Crippen LogP contribution is -2.59. The number of carbonyl (C=O) groups excluding carboxylic acids is 3. The van der Waals surface area contributed by atoms with Gasteiger partial charge < -0.3 is 37.6 Å². The number of nitrogens with one attached hydrogen (secondary N) is 3. The molecule has 11 nitrogen and oxygen atoms in total. The Bertz CT molecular complexity index is 601. The van der Waals surface area contributed by atoms with Gasteiger partial charge in [0.1, 0.15) is 24.2 Å². The van der Waals surface area contributed by atoms with E-state index in [0.717, 1.165) is 0 Å². The predicted octanol–water partition coefficient (Wildman–Crippen LogP) is -1.32. The van der Waals surface area contributed by atoms with E-state index in [-0.39, 0.29) is 18.3 Å². The Balaban J connectivity index is 5.49. The first-order valence-corrected chi connectivity index (χ1v) is 10.7. The maximum absolute atomic E-state index is 12.9. The summed E-state index contributed by atoms with van der Waals surface area (Å²) in [4.78, 5) is 49.2. The molecule has 0 spiro atoms. The van der Waals surface area contributed by atoms with Crippen LogP contribution in [0.1, 0.15) is 53.4 Å². The number of amides is 3. The maximum Gasteiger partial charge on any atom is 0.326 e. The third-order valence-electron chi connectivity index (χ3n) is 5.14. The van der Waals surface area contributed by atoms with Gasteiger partial charge in [0.25, 0.3) is 0 Å². The first-order chi connectivity index (χ1) is 14.5. The van der Waals surface area contributed by atoms with Crippen molar-refractivity contribution in [3.63, 3.8) is 0 Å². The number of carbonyl (C=O) groups is 4. The molecule has 0 aliphatic carbocycles. The van der Waals surface area contributed by atoms with Gasteiger partial charge in [-0.25, -0.2) is 4.79 Å². The Hall–Kier alpha value is -2.24. The molecule has 0 bridgehead atoms. The number of rotatable bonds is 15. The highest BCUT2D eigenvalue weighted by molar-refractivity contribution is 5.94. The van der Waals surface area contributed by atoms with E-state index < -0.39 is 54.5 Å². The Morgan fingerprint density at radius 2 is 1.48 bits per heavy atom. The van der Waals surface area contributed by atoms with Crippen LogP contribution in [0.3, 0.4) is 0 Å². The zero-order valence-corrected chi connectivity index (χ0v) is 18.9. The average molecular weight is 446 g/mol. The molecule has 0 rings (SSSR count). The van der Waals surface area contributed by atoms with Crippen molar-refractivity contribution < 1.29 is 29.4 Å². The highest BCUT2D eigenvalue weighted by Gasteiger charge is 2.33. The second kappa shape index (κ2) is 14.7. The molecule has 3 amide bonds. The predicted molar refractivity (Wildman–Crippen MR) is 116 cm³/mol. The number of hydrogen-bond donors (Lipinski definition) is 7. The molecular formula is C20H39N5O6. The lowest BCUT2D eigenvalue weighted by Gasteiger charge is -2.28. The molecular weight excluding hydrogens is 406 g/mol. The second-order valence-corrected chi connectivity index (χ2v) is 8.08. The van der Waals surface area contributed by atoms with Crippen molar-refractivity contribution in [3.8, 4) is 0 Å². The van der Waals surface area contributed by atoms with Crippen LogP contribution in [0.5, 0.6) is 0 Å². The number of carboxylic acid groups (broad SMARTS) is 1. The Kier molecular flexibility index (Phi) is 13.6. The summed E-state index contributed by atoms with van der Waals surface area (Å²) in [6.07, 6.45) is 2.01. The zero-order valence-electron chi connectivity index (χ0n) is 18.9.